The Bertz CT molecular complexity index is 134. The summed E-state index contributed by atoms with van der Waals surface area (Å²) in [6.45, 7) is 1.03. The zero-order chi connectivity index (χ0) is 8.93. The number of hydrogen-bond donors (Lipinski definition) is 0. The summed E-state index contributed by atoms with van der Waals surface area (Å²) in [4.78, 5) is 0. The van der Waals surface area contributed by atoms with Crippen LogP contribution in [0, 0.1) is 5.92 Å². The van der Waals surface area contributed by atoms with Gasteiger partial charge in [0.1, 0.15) is 0 Å². The van der Waals surface area contributed by atoms with E-state index in [0.717, 1.165) is 12.5 Å². The maximum atomic E-state index is 5.74. The van der Waals surface area contributed by atoms with Gasteiger partial charge in [0.2, 0.25) is 0 Å². The van der Waals surface area contributed by atoms with Crippen LogP contribution in [0.15, 0.2) is 0 Å². The Morgan fingerprint density at radius 1 is 0.923 bits per heavy atom. The molecule has 0 spiro atoms. The summed E-state index contributed by atoms with van der Waals surface area (Å²) in [5.74, 6) is 1.05. The molecule has 0 saturated heterocycles. The topological polar surface area (TPSA) is 9.23 Å². The summed E-state index contributed by atoms with van der Waals surface area (Å²) in [6.07, 6.45) is 13.4. The van der Waals surface area contributed by atoms with Crippen LogP contribution in [0.1, 0.15) is 57.8 Å². The molecule has 0 aliphatic heterocycles. The summed E-state index contributed by atoms with van der Waals surface area (Å²) in [7, 11) is 0. The Kier molecular flexibility index (Phi) is 3.65. The minimum Gasteiger partial charge on any atom is -0.378 e. The van der Waals surface area contributed by atoms with Crippen LogP contribution in [0.5, 0.6) is 0 Å². The van der Waals surface area contributed by atoms with Crippen molar-refractivity contribution in [3.05, 3.63) is 0 Å². The van der Waals surface area contributed by atoms with Crippen molar-refractivity contribution >= 4 is 0 Å². The molecule has 0 bridgehead atoms. The molecule has 1 nitrogen and oxygen atoms in total. The first-order chi connectivity index (χ1) is 6.45. The molecule has 0 amide bonds. The first-order valence-corrected chi connectivity index (χ1v) is 6.07. The van der Waals surface area contributed by atoms with E-state index in [1.165, 1.54) is 57.8 Å². The summed E-state index contributed by atoms with van der Waals surface area (Å²) in [6, 6.07) is 0. The molecule has 2 aliphatic rings. The van der Waals surface area contributed by atoms with Crippen molar-refractivity contribution in [3.63, 3.8) is 0 Å². The molecule has 0 atom stereocenters. The maximum Gasteiger partial charge on any atom is 0.0575 e. The molecule has 76 valence electrons. The van der Waals surface area contributed by atoms with Gasteiger partial charge in [0.05, 0.1) is 6.10 Å². The Labute approximate surface area is 81.9 Å². The molecule has 2 saturated carbocycles. The number of rotatable bonds is 5. The minimum absolute atomic E-state index is 0.642. The molecule has 0 aromatic carbocycles. The van der Waals surface area contributed by atoms with E-state index in [-0.39, 0.29) is 0 Å². The fourth-order valence-electron chi connectivity index (χ4n) is 2.46. The number of ether oxygens (including phenoxy) is 1. The molecular weight excluding hydrogens is 160 g/mol. The van der Waals surface area contributed by atoms with Crippen molar-refractivity contribution in [2.45, 2.75) is 63.9 Å². The largest absolute Gasteiger partial charge is 0.378 e. The second kappa shape index (κ2) is 4.99. The lowest BCUT2D eigenvalue weighted by atomic mass is 9.96. The second-order valence-electron chi connectivity index (χ2n) is 4.72. The van der Waals surface area contributed by atoms with Crippen molar-refractivity contribution in [2.75, 3.05) is 6.61 Å². The summed E-state index contributed by atoms with van der Waals surface area (Å²) in [5, 5.41) is 0. The van der Waals surface area contributed by atoms with Crippen molar-refractivity contribution in [1.82, 2.24) is 0 Å². The third-order valence-electron chi connectivity index (χ3n) is 3.64. The third-order valence-corrected chi connectivity index (χ3v) is 3.64. The van der Waals surface area contributed by atoms with Crippen molar-refractivity contribution in [3.8, 4) is 0 Å². The average molecular weight is 182 g/mol. The van der Waals surface area contributed by atoms with Crippen LogP contribution >= 0.6 is 0 Å². The van der Waals surface area contributed by atoms with Gasteiger partial charge in [-0.3, -0.25) is 0 Å². The van der Waals surface area contributed by atoms with Crippen molar-refractivity contribution < 1.29 is 4.74 Å². The smallest absolute Gasteiger partial charge is 0.0575 e. The van der Waals surface area contributed by atoms with E-state index in [9.17, 15) is 0 Å². The Balaban J connectivity index is 1.43. The predicted molar refractivity (Wildman–Crippen MR) is 54.8 cm³/mol. The number of hydrogen-bond acceptors (Lipinski definition) is 1. The van der Waals surface area contributed by atoms with Crippen molar-refractivity contribution in [1.29, 1.82) is 0 Å². The van der Waals surface area contributed by atoms with Gasteiger partial charge in [0.25, 0.3) is 0 Å². The van der Waals surface area contributed by atoms with Crippen LogP contribution < -0.4 is 0 Å². The normalized spacial score (nSPS) is 24.9. The van der Waals surface area contributed by atoms with E-state index >= 15 is 0 Å². The Hall–Kier alpha value is -0.0400. The lowest BCUT2D eigenvalue weighted by Gasteiger charge is -2.25. The molecule has 0 aromatic rings. The van der Waals surface area contributed by atoms with Crippen LogP contribution in [0.25, 0.3) is 0 Å². The third kappa shape index (κ3) is 2.98. The van der Waals surface area contributed by atoms with Crippen LogP contribution in [0.2, 0.25) is 0 Å². The maximum absolute atomic E-state index is 5.74. The van der Waals surface area contributed by atoms with E-state index in [0.29, 0.717) is 6.10 Å². The molecular formula is C12H22O. The molecule has 13 heavy (non-hydrogen) atoms. The highest BCUT2D eigenvalue weighted by Gasteiger charge is 2.18. The SMILES string of the molecule is C1CCC(CCCOC2CCC2)C1. The molecule has 2 aliphatic carbocycles. The average Bonchev–Trinajstić information content (AvgIpc) is 2.53. The quantitative estimate of drug-likeness (QED) is 0.591. The summed E-state index contributed by atoms with van der Waals surface area (Å²) < 4.78 is 5.74. The van der Waals surface area contributed by atoms with Gasteiger partial charge in [-0.15, -0.1) is 0 Å². The molecule has 0 unspecified atom stereocenters. The highest BCUT2D eigenvalue weighted by molar-refractivity contribution is 4.70. The van der Waals surface area contributed by atoms with Crippen molar-refractivity contribution in [2.24, 2.45) is 5.92 Å². The molecule has 2 rings (SSSR count). The van der Waals surface area contributed by atoms with Gasteiger partial charge in [-0.25, -0.2) is 0 Å². The van der Waals surface area contributed by atoms with Gasteiger partial charge < -0.3 is 4.74 Å². The first-order valence-electron chi connectivity index (χ1n) is 6.07. The van der Waals surface area contributed by atoms with Crippen LogP contribution in [0.3, 0.4) is 0 Å². The fourth-order valence-corrected chi connectivity index (χ4v) is 2.46. The monoisotopic (exact) mass is 182 g/mol. The fraction of sp³-hybridized carbons (Fsp3) is 1.00. The lowest BCUT2D eigenvalue weighted by Crippen LogP contribution is -2.22. The Morgan fingerprint density at radius 3 is 2.31 bits per heavy atom. The zero-order valence-electron chi connectivity index (χ0n) is 8.63. The van der Waals surface area contributed by atoms with Crippen LogP contribution in [-0.4, -0.2) is 12.7 Å². The van der Waals surface area contributed by atoms with Crippen LogP contribution in [-0.2, 0) is 4.74 Å². The molecule has 2 fully saturated rings. The second-order valence-corrected chi connectivity index (χ2v) is 4.72. The van der Waals surface area contributed by atoms with Gasteiger partial charge in [0, 0.05) is 6.61 Å². The van der Waals surface area contributed by atoms with E-state index in [1.54, 1.807) is 0 Å². The van der Waals surface area contributed by atoms with E-state index in [2.05, 4.69) is 0 Å². The zero-order valence-corrected chi connectivity index (χ0v) is 8.63. The van der Waals surface area contributed by atoms with E-state index in [1.807, 2.05) is 0 Å². The molecule has 0 aromatic heterocycles. The van der Waals surface area contributed by atoms with Crippen LogP contribution in [0.4, 0.5) is 0 Å². The standard InChI is InChI=1S/C12H22O/c1-2-6-11(5-1)7-4-10-13-12-8-3-9-12/h11-12H,1-10H2. The van der Waals surface area contributed by atoms with Gasteiger partial charge >= 0.3 is 0 Å². The highest BCUT2D eigenvalue weighted by Crippen LogP contribution is 2.29. The highest BCUT2D eigenvalue weighted by atomic mass is 16.5. The van der Waals surface area contributed by atoms with Gasteiger partial charge in [-0.1, -0.05) is 25.7 Å². The predicted octanol–water partition coefficient (Wildman–Crippen LogP) is 3.53. The van der Waals surface area contributed by atoms with E-state index < -0.39 is 0 Å². The van der Waals surface area contributed by atoms with Gasteiger partial charge in [-0.2, -0.15) is 0 Å². The Morgan fingerprint density at radius 2 is 1.69 bits per heavy atom. The van der Waals surface area contributed by atoms with Gasteiger partial charge in [0.15, 0.2) is 0 Å². The molecule has 1 heteroatoms. The van der Waals surface area contributed by atoms with E-state index in [4.69, 9.17) is 4.74 Å². The lowest BCUT2D eigenvalue weighted by molar-refractivity contribution is -0.000403. The summed E-state index contributed by atoms with van der Waals surface area (Å²) >= 11 is 0. The summed E-state index contributed by atoms with van der Waals surface area (Å²) in [5.41, 5.74) is 0. The molecule has 0 heterocycles. The minimum atomic E-state index is 0.642. The van der Waals surface area contributed by atoms with Gasteiger partial charge in [-0.05, 0) is 38.0 Å². The molecule has 0 radical (unpaired) electrons. The molecule has 0 N–H and O–H groups in total. The first kappa shape index (κ1) is 9.51.